The quantitative estimate of drug-likeness (QED) is 0.280. The molecule has 2 heterocycles. The minimum Gasteiger partial charge on any atom is -0.490 e. The normalized spacial score (nSPS) is 22.5. The van der Waals surface area contributed by atoms with E-state index < -0.39 is 23.3 Å². The van der Waals surface area contributed by atoms with Gasteiger partial charge in [-0.05, 0) is 113 Å². The van der Waals surface area contributed by atoms with Crippen LogP contribution >= 0.6 is 0 Å². The van der Waals surface area contributed by atoms with Gasteiger partial charge in [-0.1, -0.05) is 36.4 Å². The number of rotatable bonds is 8. The summed E-state index contributed by atoms with van der Waals surface area (Å²) in [4.78, 5) is 1.90. The predicted molar refractivity (Wildman–Crippen MR) is 168 cm³/mol. The zero-order valence-electron chi connectivity index (χ0n) is 26.2. The van der Waals surface area contributed by atoms with E-state index in [1.165, 1.54) is 38.8 Å². The van der Waals surface area contributed by atoms with Gasteiger partial charge in [0.2, 0.25) is 0 Å². The van der Waals surface area contributed by atoms with E-state index in [0.717, 1.165) is 55.5 Å². The van der Waals surface area contributed by atoms with Crippen molar-refractivity contribution >= 4 is 0 Å². The summed E-state index contributed by atoms with van der Waals surface area (Å²) >= 11 is 0. The fourth-order valence-corrected chi connectivity index (χ4v) is 7.63. The number of fused-ring (bicyclic) bond motifs is 1. The van der Waals surface area contributed by atoms with Crippen LogP contribution in [0.15, 0.2) is 60.7 Å². The van der Waals surface area contributed by atoms with Crippen LogP contribution in [0.4, 0.5) is 13.2 Å². The van der Waals surface area contributed by atoms with Crippen LogP contribution in [-0.2, 0) is 13.0 Å². The summed E-state index contributed by atoms with van der Waals surface area (Å²) in [6, 6.07) is 17.3. The molecule has 4 nitrogen and oxygen atoms in total. The van der Waals surface area contributed by atoms with Crippen LogP contribution in [-0.4, -0.2) is 42.3 Å². The second-order valence-corrected chi connectivity index (χ2v) is 13.9. The summed E-state index contributed by atoms with van der Waals surface area (Å²) in [5.74, 6) is -0.409. The molecule has 0 bridgehead atoms. The molecular formula is C37H45F3N2O2. The van der Waals surface area contributed by atoms with E-state index in [-0.39, 0.29) is 30.0 Å². The highest BCUT2D eigenvalue weighted by atomic mass is 19.1. The standard InChI is InChI=1S/C37H45F3N2O2/c1-25-17-27-18-28(43-23-26-9-5-4-6-10-26)11-12-31(27)35(42(25)24-36(2,3)40)34-32(38)19-29(20-33(34)39)44-30-21-37(22-30)13-7-15-41-16-8-14-37/h4-6,9-12,18-20,25,30,35,41H,7-8,13-17,21-24H2,1-3H3/t25-,35?/m1/s1. The molecule has 3 aliphatic rings. The predicted octanol–water partition coefficient (Wildman–Crippen LogP) is 8.32. The first-order chi connectivity index (χ1) is 21.1. The smallest absolute Gasteiger partial charge is 0.134 e. The number of hydrogen-bond donors (Lipinski definition) is 1. The average molecular weight is 607 g/mol. The fourth-order valence-electron chi connectivity index (χ4n) is 7.63. The zero-order valence-corrected chi connectivity index (χ0v) is 26.2. The third-order valence-corrected chi connectivity index (χ3v) is 9.70. The Balaban J connectivity index is 1.25. The van der Waals surface area contributed by atoms with Gasteiger partial charge in [0.15, 0.2) is 0 Å². The van der Waals surface area contributed by atoms with Gasteiger partial charge in [0, 0.05) is 30.3 Å². The lowest BCUT2D eigenvalue weighted by Crippen LogP contribution is -2.48. The van der Waals surface area contributed by atoms with Gasteiger partial charge in [0.05, 0.1) is 12.1 Å². The molecule has 44 heavy (non-hydrogen) atoms. The molecule has 0 radical (unpaired) electrons. The Kier molecular flexibility index (Phi) is 8.98. The number of ether oxygens (including phenoxy) is 2. The molecule has 2 aliphatic heterocycles. The molecule has 0 aromatic heterocycles. The Hall–Kier alpha value is -3.03. The van der Waals surface area contributed by atoms with Crippen LogP contribution in [0.2, 0.25) is 0 Å². The second-order valence-electron chi connectivity index (χ2n) is 13.9. The SMILES string of the molecule is C[C@@H]1Cc2cc(OCc3ccccc3)ccc2C(c2c(F)cc(OC3CC4(CCCNCCC4)C3)cc2F)N1CC(C)(C)F. The first kappa shape index (κ1) is 31.0. The summed E-state index contributed by atoms with van der Waals surface area (Å²) in [6.45, 7) is 7.57. The Morgan fingerprint density at radius 3 is 2.27 bits per heavy atom. The summed E-state index contributed by atoms with van der Waals surface area (Å²) in [5, 5.41) is 3.46. The number of alkyl halides is 1. The zero-order chi connectivity index (χ0) is 30.9. The molecule has 1 saturated carbocycles. The Labute approximate surface area is 259 Å². The molecule has 2 atom stereocenters. The van der Waals surface area contributed by atoms with Crippen molar-refractivity contribution in [2.24, 2.45) is 5.41 Å². The van der Waals surface area contributed by atoms with Crippen LogP contribution in [0.3, 0.4) is 0 Å². The van der Waals surface area contributed by atoms with Gasteiger partial charge in [-0.15, -0.1) is 0 Å². The van der Waals surface area contributed by atoms with E-state index in [1.807, 2.05) is 60.4 Å². The minimum atomic E-state index is -1.55. The fraction of sp³-hybridized carbons (Fsp3) is 0.514. The average Bonchev–Trinajstić information content (AvgIpc) is 2.93. The maximum Gasteiger partial charge on any atom is 0.134 e. The largest absolute Gasteiger partial charge is 0.490 e. The topological polar surface area (TPSA) is 33.7 Å². The van der Waals surface area contributed by atoms with Crippen LogP contribution < -0.4 is 14.8 Å². The van der Waals surface area contributed by atoms with Crippen molar-refractivity contribution in [2.75, 3.05) is 19.6 Å². The maximum absolute atomic E-state index is 16.1. The Morgan fingerprint density at radius 1 is 0.932 bits per heavy atom. The Morgan fingerprint density at radius 2 is 1.61 bits per heavy atom. The highest BCUT2D eigenvalue weighted by molar-refractivity contribution is 5.46. The molecule has 1 N–H and O–H groups in total. The van der Waals surface area contributed by atoms with Gasteiger partial charge in [-0.2, -0.15) is 0 Å². The summed E-state index contributed by atoms with van der Waals surface area (Å²) < 4.78 is 59.5. The van der Waals surface area contributed by atoms with Crippen LogP contribution in [0.5, 0.6) is 11.5 Å². The van der Waals surface area contributed by atoms with E-state index in [2.05, 4.69) is 5.32 Å². The first-order valence-electron chi connectivity index (χ1n) is 16.2. The number of halogens is 3. The van der Waals surface area contributed by atoms with Crippen molar-refractivity contribution in [1.82, 2.24) is 10.2 Å². The molecule has 6 rings (SSSR count). The number of nitrogens with one attached hydrogen (secondary N) is 1. The lowest BCUT2D eigenvalue weighted by atomic mass is 9.61. The highest BCUT2D eigenvalue weighted by Crippen LogP contribution is 2.50. The van der Waals surface area contributed by atoms with Crippen molar-refractivity contribution in [1.29, 1.82) is 0 Å². The van der Waals surface area contributed by atoms with Gasteiger partial charge in [0.25, 0.3) is 0 Å². The van der Waals surface area contributed by atoms with Gasteiger partial charge < -0.3 is 14.8 Å². The van der Waals surface area contributed by atoms with E-state index >= 15 is 13.2 Å². The number of nitrogens with zero attached hydrogens (tertiary/aromatic N) is 1. The molecule has 3 aromatic rings. The molecular weight excluding hydrogens is 561 g/mol. The summed E-state index contributed by atoms with van der Waals surface area (Å²) in [5.41, 5.74) is 1.46. The maximum atomic E-state index is 16.1. The molecule has 1 unspecified atom stereocenters. The Bertz CT molecular complexity index is 1400. The monoisotopic (exact) mass is 606 g/mol. The minimum absolute atomic E-state index is 0.0272. The summed E-state index contributed by atoms with van der Waals surface area (Å²) in [6.07, 6.45) is 7.09. The van der Waals surface area contributed by atoms with Gasteiger partial charge in [-0.3, -0.25) is 4.90 Å². The van der Waals surface area contributed by atoms with Crippen LogP contribution in [0, 0.1) is 17.0 Å². The number of hydrogen-bond acceptors (Lipinski definition) is 4. The van der Waals surface area contributed by atoms with Gasteiger partial charge >= 0.3 is 0 Å². The van der Waals surface area contributed by atoms with Gasteiger partial charge in [0.1, 0.15) is 35.4 Å². The van der Waals surface area contributed by atoms with Crippen LogP contribution in [0.1, 0.15) is 87.6 Å². The molecule has 1 spiro atoms. The van der Waals surface area contributed by atoms with Crippen molar-refractivity contribution in [3.63, 3.8) is 0 Å². The molecule has 3 aromatic carbocycles. The van der Waals surface area contributed by atoms with Crippen molar-refractivity contribution < 1.29 is 22.6 Å². The van der Waals surface area contributed by atoms with E-state index in [0.29, 0.717) is 24.2 Å². The van der Waals surface area contributed by atoms with E-state index in [1.54, 1.807) is 0 Å². The van der Waals surface area contributed by atoms with E-state index in [9.17, 15) is 0 Å². The number of benzene rings is 3. The third kappa shape index (κ3) is 6.94. The molecule has 0 amide bonds. The molecule has 7 heteroatoms. The molecule has 1 aliphatic carbocycles. The van der Waals surface area contributed by atoms with Crippen LogP contribution in [0.25, 0.3) is 0 Å². The summed E-state index contributed by atoms with van der Waals surface area (Å²) in [7, 11) is 0. The molecule has 1 saturated heterocycles. The lowest BCUT2D eigenvalue weighted by molar-refractivity contribution is -0.0315. The third-order valence-electron chi connectivity index (χ3n) is 9.70. The first-order valence-corrected chi connectivity index (χ1v) is 16.2. The highest BCUT2D eigenvalue weighted by Gasteiger charge is 2.45. The second kappa shape index (κ2) is 12.8. The van der Waals surface area contributed by atoms with Gasteiger partial charge in [-0.25, -0.2) is 13.2 Å². The van der Waals surface area contributed by atoms with Crippen molar-refractivity contribution in [3.05, 3.63) is 94.6 Å². The van der Waals surface area contributed by atoms with Crippen molar-refractivity contribution in [3.8, 4) is 11.5 Å². The molecule has 236 valence electrons. The van der Waals surface area contributed by atoms with E-state index in [4.69, 9.17) is 9.47 Å². The van der Waals surface area contributed by atoms with Crippen molar-refractivity contribution in [2.45, 2.75) is 96.2 Å². The lowest BCUT2D eigenvalue weighted by Gasteiger charge is -2.48. The molecule has 2 fully saturated rings.